The molecule has 2 rings (SSSR count). The second-order valence-electron chi connectivity index (χ2n) is 4.40. The highest BCUT2D eigenvalue weighted by atomic mass is 16.5. The molecule has 0 amide bonds. The van der Waals surface area contributed by atoms with Crippen molar-refractivity contribution in [2.24, 2.45) is 7.05 Å². The summed E-state index contributed by atoms with van der Waals surface area (Å²) in [5.41, 5.74) is 0.0843. The van der Waals surface area contributed by atoms with Crippen LogP contribution in [0.3, 0.4) is 0 Å². The predicted octanol–water partition coefficient (Wildman–Crippen LogP) is 1.88. The molecule has 1 heterocycles. The monoisotopic (exact) mass is 291 g/mol. The first-order valence-corrected chi connectivity index (χ1v) is 6.57. The first kappa shape index (κ1) is 14.8. The van der Waals surface area contributed by atoms with Crippen LogP contribution in [0.5, 0.6) is 11.5 Å². The van der Waals surface area contributed by atoms with Crippen molar-refractivity contribution in [2.75, 3.05) is 6.61 Å². The minimum Gasteiger partial charge on any atom is -0.493 e. The Morgan fingerprint density at radius 3 is 2.81 bits per heavy atom. The van der Waals surface area contributed by atoms with Gasteiger partial charge in [-0.3, -0.25) is 4.68 Å². The maximum absolute atomic E-state index is 11.2. The van der Waals surface area contributed by atoms with Crippen LogP contribution in [0.2, 0.25) is 0 Å². The molecule has 0 aliphatic heterocycles. The number of carboxylic acids is 1. The number of benzene rings is 1. The molecule has 0 radical (unpaired) electrons. The molecule has 1 aromatic heterocycles. The summed E-state index contributed by atoms with van der Waals surface area (Å²) in [5, 5.41) is 13.1. The van der Waals surface area contributed by atoms with Gasteiger partial charge in [0, 0.05) is 13.1 Å². The second-order valence-corrected chi connectivity index (χ2v) is 4.40. The van der Waals surface area contributed by atoms with E-state index in [1.807, 2.05) is 6.92 Å². The van der Waals surface area contributed by atoms with Crippen molar-refractivity contribution in [2.45, 2.75) is 20.0 Å². The Morgan fingerprint density at radius 2 is 2.19 bits per heavy atom. The second kappa shape index (κ2) is 6.74. The Morgan fingerprint density at radius 1 is 1.38 bits per heavy atom. The highest BCUT2D eigenvalue weighted by Crippen LogP contribution is 2.26. The molecule has 7 nitrogen and oxygen atoms in total. The third-order valence-corrected chi connectivity index (χ3v) is 2.82. The molecule has 0 saturated carbocycles. The van der Waals surface area contributed by atoms with E-state index in [-0.39, 0.29) is 17.9 Å². The molecule has 0 fully saturated rings. The van der Waals surface area contributed by atoms with Crippen LogP contribution >= 0.6 is 0 Å². The molecule has 2 aromatic rings. The molecule has 0 saturated heterocycles. The van der Waals surface area contributed by atoms with E-state index in [1.165, 1.54) is 12.4 Å². The first-order chi connectivity index (χ1) is 10.1. The predicted molar refractivity (Wildman–Crippen MR) is 74.5 cm³/mol. The molecular formula is C14H17N3O4. The molecule has 0 unspecified atom stereocenters. The van der Waals surface area contributed by atoms with Crippen molar-refractivity contribution in [1.29, 1.82) is 0 Å². The van der Waals surface area contributed by atoms with Crippen LogP contribution < -0.4 is 9.47 Å². The lowest BCUT2D eigenvalue weighted by Gasteiger charge is -2.11. The quantitative estimate of drug-likeness (QED) is 0.838. The fourth-order valence-corrected chi connectivity index (χ4v) is 1.70. The fourth-order valence-electron chi connectivity index (χ4n) is 1.70. The Kier molecular flexibility index (Phi) is 4.76. The van der Waals surface area contributed by atoms with Gasteiger partial charge in [0.05, 0.1) is 6.61 Å². The van der Waals surface area contributed by atoms with Crippen LogP contribution in [0.1, 0.15) is 29.5 Å². The highest BCUT2D eigenvalue weighted by molar-refractivity contribution is 5.91. The average Bonchev–Trinajstić information content (AvgIpc) is 2.88. The molecule has 21 heavy (non-hydrogen) atoms. The van der Waals surface area contributed by atoms with E-state index in [2.05, 4.69) is 10.1 Å². The maximum atomic E-state index is 11.2. The van der Waals surface area contributed by atoms with Gasteiger partial charge in [-0.25, -0.2) is 9.78 Å². The maximum Gasteiger partial charge on any atom is 0.339 e. The lowest BCUT2D eigenvalue weighted by atomic mass is 10.2. The number of nitrogens with zero attached hydrogens (tertiary/aromatic N) is 3. The number of rotatable bonds is 7. The molecule has 7 heteroatoms. The van der Waals surface area contributed by atoms with Gasteiger partial charge in [-0.05, 0) is 18.6 Å². The van der Waals surface area contributed by atoms with Crippen molar-refractivity contribution in [3.63, 3.8) is 0 Å². The molecule has 0 bridgehead atoms. The van der Waals surface area contributed by atoms with E-state index >= 15 is 0 Å². The molecule has 1 N–H and O–H groups in total. The largest absolute Gasteiger partial charge is 0.493 e. The zero-order valence-electron chi connectivity index (χ0n) is 11.9. The highest BCUT2D eigenvalue weighted by Gasteiger charge is 2.14. The molecule has 0 aliphatic rings. The van der Waals surface area contributed by atoms with E-state index in [0.717, 1.165) is 6.42 Å². The Balaban J connectivity index is 2.17. The molecule has 0 spiro atoms. The SMILES string of the molecule is CCCOc1ccc(C(=O)O)c(OCc2ncnn2C)c1. The van der Waals surface area contributed by atoms with Gasteiger partial charge in [-0.1, -0.05) is 6.92 Å². The van der Waals surface area contributed by atoms with Gasteiger partial charge < -0.3 is 14.6 Å². The topological polar surface area (TPSA) is 86.5 Å². The van der Waals surface area contributed by atoms with E-state index in [9.17, 15) is 9.90 Å². The third-order valence-electron chi connectivity index (χ3n) is 2.82. The zero-order valence-corrected chi connectivity index (χ0v) is 11.9. The van der Waals surface area contributed by atoms with Gasteiger partial charge in [0.2, 0.25) is 0 Å². The standard InChI is InChI=1S/C14H17N3O4/c1-3-6-20-10-4-5-11(14(18)19)12(7-10)21-8-13-15-9-16-17(13)2/h4-5,7,9H,3,6,8H2,1-2H3,(H,18,19). The molecular weight excluding hydrogens is 274 g/mol. The summed E-state index contributed by atoms with van der Waals surface area (Å²) in [7, 11) is 1.74. The summed E-state index contributed by atoms with van der Waals surface area (Å²) < 4.78 is 12.6. The number of carbonyl (C=O) groups is 1. The minimum absolute atomic E-state index is 0.0843. The van der Waals surface area contributed by atoms with Crippen LogP contribution in [-0.2, 0) is 13.7 Å². The summed E-state index contributed by atoms with van der Waals surface area (Å²) in [6.45, 7) is 2.69. The fraction of sp³-hybridized carbons (Fsp3) is 0.357. The van der Waals surface area contributed by atoms with E-state index < -0.39 is 5.97 Å². The van der Waals surface area contributed by atoms with Gasteiger partial charge in [-0.2, -0.15) is 5.10 Å². The minimum atomic E-state index is -1.05. The first-order valence-electron chi connectivity index (χ1n) is 6.57. The molecule has 112 valence electrons. The van der Waals surface area contributed by atoms with Crippen LogP contribution in [-0.4, -0.2) is 32.4 Å². The molecule has 0 aliphatic carbocycles. The lowest BCUT2D eigenvalue weighted by molar-refractivity contribution is 0.0691. The number of aromatic nitrogens is 3. The zero-order chi connectivity index (χ0) is 15.2. The van der Waals surface area contributed by atoms with E-state index in [0.29, 0.717) is 18.2 Å². The number of ether oxygens (including phenoxy) is 2. The van der Waals surface area contributed by atoms with Crippen molar-refractivity contribution in [1.82, 2.24) is 14.8 Å². The Hall–Kier alpha value is -2.57. The smallest absolute Gasteiger partial charge is 0.339 e. The van der Waals surface area contributed by atoms with Crippen LogP contribution in [0.15, 0.2) is 24.5 Å². The molecule has 0 atom stereocenters. The normalized spacial score (nSPS) is 10.4. The summed E-state index contributed by atoms with van der Waals surface area (Å²) >= 11 is 0. The number of aryl methyl sites for hydroxylation is 1. The van der Waals surface area contributed by atoms with Gasteiger partial charge in [0.1, 0.15) is 30.0 Å². The van der Waals surface area contributed by atoms with Crippen molar-refractivity contribution in [3.05, 3.63) is 35.9 Å². The Bertz CT molecular complexity index is 624. The van der Waals surface area contributed by atoms with Gasteiger partial charge in [0.15, 0.2) is 5.82 Å². The third kappa shape index (κ3) is 3.71. The summed E-state index contributed by atoms with van der Waals surface area (Å²) in [4.78, 5) is 15.2. The van der Waals surface area contributed by atoms with Crippen molar-refractivity contribution >= 4 is 5.97 Å². The summed E-state index contributed by atoms with van der Waals surface area (Å²) in [5.74, 6) is 0.380. The van der Waals surface area contributed by atoms with Crippen molar-refractivity contribution < 1.29 is 19.4 Å². The van der Waals surface area contributed by atoms with Gasteiger partial charge in [-0.15, -0.1) is 0 Å². The average molecular weight is 291 g/mol. The Labute approximate surface area is 122 Å². The lowest BCUT2D eigenvalue weighted by Crippen LogP contribution is -2.08. The number of hydrogen-bond acceptors (Lipinski definition) is 5. The van der Waals surface area contributed by atoms with Gasteiger partial charge >= 0.3 is 5.97 Å². The van der Waals surface area contributed by atoms with Crippen LogP contribution in [0.4, 0.5) is 0 Å². The van der Waals surface area contributed by atoms with Gasteiger partial charge in [0.25, 0.3) is 0 Å². The van der Waals surface area contributed by atoms with Crippen LogP contribution in [0.25, 0.3) is 0 Å². The molecule has 1 aromatic carbocycles. The van der Waals surface area contributed by atoms with Crippen LogP contribution in [0, 0.1) is 0 Å². The number of aromatic carboxylic acids is 1. The summed E-state index contributed by atoms with van der Waals surface area (Å²) in [6.07, 6.45) is 2.29. The van der Waals surface area contributed by atoms with E-state index in [1.54, 1.807) is 23.9 Å². The van der Waals surface area contributed by atoms with E-state index in [4.69, 9.17) is 9.47 Å². The van der Waals surface area contributed by atoms with Crippen molar-refractivity contribution in [3.8, 4) is 11.5 Å². The number of carboxylic acid groups (broad SMARTS) is 1. The summed E-state index contributed by atoms with van der Waals surface area (Å²) in [6, 6.07) is 4.67. The number of hydrogen-bond donors (Lipinski definition) is 1.